The van der Waals surface area contributed by atoms with Crippen LogP contribution in [-0.2, 0) is 0 Å². The predicted octanol–water partition coefficient (Wildman–Crippen LogP) is 3.50. The lowest BCUT2D eigenvalue weighted by Gasteiger charge is -2.05. The third-order valence-corrected chi connectivity index (χ3v) is 2.61. The first kappa shape index (κ1) is 13.0. The number of anilines is 1. The lowest BCUT2D eigenvalue weighted by atomic mass is 10.2. The number of benzene rings is 2. The van der Waals surface area contributed by atoms with E-state index >= 15 is 0 Å². The Bertz CT molecular complexity index is 629. The highest BCUT2D eigenvalue weighted by molar-refractivity contribution is 6.31. The number of nitrogens with one attached hydrogen (secondary N) is 1. The highest BCUT2D eigenvalue weighted by Crippen LogP contribution is 2.21. The summed E-state index contributed by atoms with van der Waals surface area (Å²) in [4.78, 5) is 22.1. The molecule has 0 aliphatic carbocycles. The molecule has 0 saturated heterocycles. The first-order chi connectivity index (χ1) is 9.06. The van der Waals surface area contributed by atoms with Gasteiger partial charge in [0.05, 0.1) is 4.92 Å². The molecule has 1 amide bonds. The number of non-ortho nitro benzene ring substituents is 1. The molecule has 19 heavy (non-hydrogen) atoms. The minimum absolute atomic E-state index is 0.142. The molecule has 0 spiro atoms. The molecule has 0 bridgehead atoms. The average molecular weight is 277 g/mol. The zero-order valence-corrected chi connectivity index (χ0v) is 10.4. The van der Waals surface area contributed by atoms with Gasteiger partial charge >= 0.3 is 0 Å². The van der Waals surface area contributed by atoms with Crippen molar-refractivity contribution < 1.29 is 9.72 Å². The third kappa shape index (κ3) is 3.29. The van der Waals surface area contributed by atoms with Crippen LogP contribution in [-0.4, -0.2) is 10.8 Å². The van der Waals surface area contributed by atoms with Crippen molar-refractivity contribution in [1.82, 2.24) is 0 Å². The summed E-state index contributed by atoms with van der Waals surface area (Å²) in [5, 5.41) is 13.5. The number of hydrogen-bond donors (Lipinski definition) is 1. The van der Waals surface area contributed by atoms with Gasteiger partial charge in [0.1, 0.15) is 0 Å². The zero-order valence-electron chi connectivity index (χ0n) is 9.67. The molecule has 1 N–H and O–H groups in total. The molecule has 0 saturated carbocycles. The first-order valence-corrected chi connectivity index (χ1v) is 5.75. The van der Waals surface area contributed by atoms with Crippen molar-refractivity contribution >= 4 is 28.9 Å². The van der Waals surface area contributed by atoms with Crippen LogP contribution in [0.4, 0.5) is 11.4 Å². The fraction of sp³-hybridized carbons (Fsp3) is 0. The molecule has 0 heterocycles. The van der Waals surface area contributed by atoms with Gasteiger partial charge in [-0.1, -0.05) is 29.8 Å². The van der Waals surface area contributed by atoms with Gasteiger partial charge in [-0.15, -0.1) is 0 Å². The van der Waals surface area contributed by atoms with Crippen molar-refractivity contribution in [2.75, 3.05) is 5.32 Å². The second kappa shape index (κ2) is 5.49. The van der Waals surface area contributed by atoms with Crippen LogP contribution in [0.2, 0.25) is 5.02 Å². The van der Waals surface area contributed by atoms with Crippen LogP contribution >= 0.6 is 11.6 Å². The van der Waals surface area contributed by atoms with E-state index in [1.165, 1.54) is 18.2 Å². The summed E-state index contributed by atoms with van der Waals surface area (Å²) in [6.45, 7) is 0. The standard InChI is InChI=1S/C13H9ClN2O3/c14-10-6-9(7-12(8-10)16(18)19)13(17)15-11-4-2-1-3-5-11/h1-8H,(H,15,17). The molecule has 2 rings (SSSR count). The molecule has 0 aliphatic heterocycles. The molecular formula is C13H9ClN2O3. The molecule has 0 aliphatic rings. The minimum Gasteiger partial charge on any atom is -0.322 e. The van der Waals surface area contributed by atoms with Crippen LogP contribution in [0, 0.1) is 10.1 Å². The average Bonchev–Trinajstić information content (AvgIpc) is 2.39. The largest absolute Gasteiger partial charge is 0.322 e. The van der Waals surface area contributed by atoms with Crippen LogP contribution in [0.3, 0.4) is 0 Å². The van der Waals surface area contributed by atoms with E-state index in [-0.39, 0.29) is 16.3 Å². The van der Waals surface area contributed by atoms with Gasteiger partial charge in [-0.25, -0.2) is 0 Å². The van der Waals surface area contributed by atoms with E-state index < -0.39 is 10.8 Å². The van der Waals surface area contributed by atoms with Crippen LogP contribution in [0.25, 0.3) is 0 Å². The molecule has 0 aromatic heterocycles. The number of nitrogens with zero attached hydrogens (tertiary/aromatic N) is 1. The fourth-order valence-electron chi connectivity index (χ4n) is 1.54. The van der Waals surface area contributed by atoms with Gasteiger partial charge in [-0.3, -0.25) is 14.9 Å². The number of hydrogen-bond acceptors (Lipinski definition) is 3. The summed E-state index contributed by atoms with van der Waals surface area (Å²) in [5.74, 6) is -0.447. The number of carbonyl (C=O) groups excluding carboxylic acids is 1. The van der Waals surface area contributed by atoms with Crippen LogP contribution in [0.1, 0.15) is 10.4 Å². The van der Waals surface area contributed by atoms with Crippen molar-refractivity contribution in [3.8, 4) is 0 Å². The number of nitro groups is 1. The molecule has 0 radical (unpaired) electrons. The van der Waals surface area contributed by atoms with Crippen LogP contribution < -0.4 is 5.32 Å². The number of nitro benzene ring substituents is 1. The van der Waals surface area contributed by atoms with Gasteiger partial charge in [0.25, 0.3) is 11.6 Å². The number of rotatable bonds is 3. The van der Waals surface area contributed by atoms with E-state index in [4.69, 9.17) is 11.6 Å². The maximum atomic E-state index is 11.9. The number of para-hydroxylation sites is 1. The molecule has 96 valence electrons. The molecule has 2 aromatic rings. The van der Waals surface area contributed by atoms with E-state index in [1.807, 2.05) is 6.07 Å². The number of carbonyl (C=O) groups is 1. The fourth-order valence-corrected chi connectivity index (χ4v) is 1.76. The van der Waals surface area contributed by atoms with Gasteiger partial charge in [-0.2, -0.15) is 0 Å². The van der Waals surface area contributed by atoms with Crippen molar-refractivity contribution in [2.45, 2.75) is 0 Å². The highest BCUT2D eigenvalue weighted by atomic mass is 35.5. The first-order valence-electron chi connectivity index (χ1n) is 5.37. The summed E-state index contributed by atoms with van der Waals surface area (Å²) >= 11 is 5.76. The minimum atomic E-state index is -0.592. The summed E-state index contributed by atoms with van der Waals surface area (Å²) in [5.41, 5.74) is 0.531. The monoisotopic (exact) mass is 276 g/mol. The van der Waals surface area contributed by atoms with Crippen LogP contribution in [0.5, 0.6) is 0 Å². The molecular weight excluding hydrogens is 268 g/mol. The van der Waals surface area contributed by atoms with Gasteiger partial charge in [0.15, 0.2) is 0 Å². The maximum absolute atomic E-state index is 11.9. The van der Waals surface area contributed by atoms with Crippen molar-refractivity contribution in [3.05, 3.63) is 69.2 Å². The molecule has 6 heteroatoms. The molecule has 0 fully saturated rings. The Morgan fingerprint density at radius 3 is 2.47 bits per heavy atom. The SMILES string of the molecule is O=C(Nc1ccccc1)c1cc(Cl)cc([N+](=O)[O-])c1. The quantitative estimate of drug-likeness (QED) is 0.689. The smallest absolute Gasteiger partial charge is 0.271 e. The third-order valence-electron chi connectivity index (χ3n) is 2.39. The van der Waals surface area contributed by atoms with Crippen molar-refractivity contribution in [1.29, 1.82) is 0 Å². The molecule has 0 unspecified atom stereocenters. The Labute approximate surface area is 114 Å². The Balaban J connectivity index is 2.26. The molecule has 2 aromatic carbocycles. The second-order valence-electron chi connectivity index (χ2n) is 3.78. The second-order valence-corrected chi connectivity index (χ2v) is 4.21. The predicted molar refractivity (Wildman–Crippen MR) is 72.5 cm³/mol. The topological polar surface area (TPSA) is 72.2 Å². The Morgan fingerprint density at radius 1 is 1.16 bits per heavy atom. The summed E-state index contributed by atoms with van der Waals surface area (Å²) < 4.78 is 0. The van der Waals surface area contributed by atoms with Crippen molar-refractivity contribution in [3.63, 3.8) is 0 Å². The maximum Gasteiger partial charge on any atom is 0.271 e. The number of halogens is 1. The Kier molecular flexibility index (Phi) is 3.77. The summed E-state index contributed by atoms with van der Waals surface area (Å²) in [6.07, 6.45) is 0. The summed E-state index contributed by atoms with van der Waals surface area (Å²) in [7, 11) is 0. The van der Waals surface area contributed by atoms with E-state index in [2.05, 4.69) is 5.32 Å². The van der Waals surface area contributed by atoms with E-state index in [0.29, 0.717) is 5.69 Å². The van der Waals surface area contributed by atoms with E-state index in [1.54, 1.807) is 24.3 Å². The van der Waals surface area contributed by atoms with Gasteiger partial charge in [-0.05, 0) is 18.2 Å². The zero-order chi connectivity index (χ0) is 13.8. The van der Waals surface area contributed by atoms with Gasteiger partial charge < -0.3 is 5.32 Å². The van der Waals surface area contributed by atoms with Gasteiger partial charge in [0, 0.05) is 28.4 Å². The normalized spacial score (nSPS) is 9.95. The van der Waals surface area contributed by atoms with Crippen molar-refractivity contribution in [2.24, 2.45) is 0 Å². The summed E-state index contributed by atoms with van der Waals surface area (Å²) in [6, 6.07) is 12.6. The number of amides is 1. The lowest BCUT2D eigenvalue weighted by molar-refractivity contribution is -0.384. The Morgan fingerprint density at radius 2 is 1.84 bits per heavy atom. The molecule has 0 atom stereocenters. The van der Waals surface area contributed by atoms with Crippen LogP contribution in [0.15, 0.2) is 48.5 Å². The van der Waals surface area contributed by atoms with E-state index in [9.17, 15) is 14.9 Å². The van der Waals surface area contributed by atoms with Gasteiger partial charge in [0.2, 0.25) is 0 Å². The Hall–Kier alpha value is -2.40. The highest BCUT2D eigenvalue weighted by Gasteiger charge is 2.14. The lowest BCUT2D eigenvalue weighted by Crippen LogP contribution is -2.12. The molecule has 5 nitrogen and oxygen atoms in total. The van der Waals surface area contributed by atoms with E-state index in [0.717, 1.165) is 0 Å².